The van der Waals surface area contributed by atoms with Crippen molar-refractivity contribution in [2.75, 3.05) is 0 Å². The van der Waals surface area contributed by atoms with E-state index in [0.29, 0.717) is 5.56 Å². The third-order valence-electron chi connectivity index (χ3n) is 4.96. The van der Waals surface area contributed by atoms with Crippen molar-refractivity contribution in [2.24, 2.45) is 0 Å². The number of nitrogens with zero attached hydrogens (tertiary/aromatic N) is 1. The van der Waals surface area contributed by atoms with Gasteiger partial charge in [0.2, 0.25) is 0 Å². The van der Waals surface area contributed by atoms with E-state index >= 15 is 0 Å². The summed E-state index contributed by atoms with van der Waals surface area (Å²) in [5.41, 5.74) is 7.88. The Morgan fingerprint density at radius 3 is 2.21 bits per heavy atom. The van der Waals surface area contributed by atoms with E-state index in [2.05, 4.69) is 50.2 Å². The van der Waals surface area contributed by atoms with Crippen molar-refractivity contribution in [3.8, 4) is 28.3 Å². The first-order chi connectivity index (χ1) is 11.5. The summed E-state index contributed by atoms with van der Waals surface area (Å²) in [6.45, 7) is 4.45. The predicted octanol–water partition coefficient (Wildman–Crippen LogP) is 6.18. The summed E-state index contributed by atoms with van der Waals surface area (Å²) in [5, 5.41) is 9.96. The molecule has 4 rings (SSSR count). The molecule has 0 bridgehead atoms. The molecule has 3 aromatic carbocycles. The lowest BCUT2D eigenvalue weighted by molar-refractivity contribution is 0.660. The van der Waals surface area contributed by atoms with Crippen molar-refractivity contribution in [1.82, 2.24) is 0 Å². The summed E-state index contributed by atoms with van der Waals surface area (Å²) in [6.07, 6.45) is 0. The Morgan fingerprint density at radius 1 is 0.833 bits per heavy atom. The lowest BCUT2D eigenvalue weighted by atomic mass is 9.81. The maximum Gasteiger partial charge on any atom is 0.0991 e. The number of nitriles is 1. The first-order valence-corrected chi connectivity index (χ1v) is 8.34. The predicted molar refractivity (Wildman–Crippen MR) is 99.2 cm³/mol. The molecule has 0 atom stereocenters. The number of rotatable bonds is 1. The van der Waals surface area contributed by atoms with Crippen molar-refractivity contribution >= 4 is 11.6 Å². The summed E-state index contributed by atoms with van der Waals surface area (Å²) < 4.78 is 0. The van der Waals surface area contributed by atoms with Crippen LogP contribution in [0.4, 0.5) is 0 Å². The van der Waals surface area contributed by atoms with Crippen molar-refractivity contribution in [3.05, 3.63) is 82.4 Å². The van der Waals surface area contributed by atoms with Gasteiger partial charge >= 0.3 is 0 Å². The lowest BCUT2D eigenvalue weighted by Crippen LogP contribution is -2.15. The second-order valence-corrected chi connectivity index (χ2v) is 7.20. The van der Waals surface area contributed by atoms with Crippen LogP contribution in [0.2, 0.25) is 5.02 Å². The molecule has 1 aliphatic rings. The Kier molecular flexibility index (Phi) is 3.27. The smallest absolute Gasteiger partial charge is 0.0991 e. The molecule has 0 amide bonds. The van der Waals surface area contributed by atoms with E-state index in [4.69, 9.17) is 11.6 Å². The standard InChI is InChI=1S/C22H16ClN/c1-22(2)20-10-14(13-24)6-8-18(20)19-9-7-16(12-21(19)22)15-4-3-5-17(23)11-15/h3-12H,1-2H3. The average Bonchev–Trinajstić information content (AvgIpc) is 2.82. The fraction of sp³-hybridized carbons (Fsp3) is 0.136. The average molecular weight is 330 g/mol. The van der Waals surface area contributed by atoms with Gasteiger partial charge in [0.05, 0.1) is 11.6 Å². The van der Waals surface area contributed by atoms with E-state index < -0.39 is 0 Å². The summed E-state index contributed by atoms with van der Waals surface area (Å²) in [4.78, 5) is 0. The summed E-state index contributed by atoms with van der Waals surface area (Å²) in [6, 6.07) is 22.8. The van der Waals surface area contributed by atoms with Crippen LogP contribution in [0.15, 0.2) is 60.7 Å². The van der Waals surface area contributed by atoms with Gasteiger partial charge in [0.25, 0.3) is 0 Å². The van der Waals surface area contributed by atoms with E-state index in [0.717, 1.165) is 16.1 Å². The lowest BCUT2D eigenvalue weighted by Gasteiger charge is -2.22. The van der Waals surface area contributed by atoms with Gasteiger partial charge in [0.1, 0.15) is 0 Å². The number of benzene rings is 3. The quantitative estimate of drug-likeness (QED) is 0.522. The van der Waals surface area contributed by atoms with Crippen LogP contribution < -0.4 is 0 Å². The van der Waals surface area contributed by atoms with Crippen LogP contribution in [0.25, 0.3) is 22.3 Å². The van der Waals surface area contributed by atoms with Gasteiger partial charge in [-0.3, -0.25) is 0 Å². The van der Waals surface area contributed by atoms with Crippen molar-refractivity contribution in [1.29, 1.82) is 5.26 Å². The molecule has 116 valence electrons. The molecule has 3 aromatic rings. The topological polar surface area (TPSA) is 23.8 Å². The zero-order chi connectivity index (χ0) is 16.9. The van der Waals surface area contributed by atoms with Crippen LogP contribution in [0.5, 0.6) is 0 Å². The maximum atomic E-state index is 9.21. The molecule has 0 saturated heterocycles. The number of halogens is 1. The van der Waals surface area contributed by atoms with Crippen LogP contribution in [0.1, 0.15) is 30.5 Å². The van der Waals surface area contributed by atoms with Gasteiger partial charge in [0, 0.05) is 10.4 Å². The van der Waals surface area contributed by atoms with Crippen LogP contribution in [-0.2, 0) is 5.41 Å². The van der Waals surface area contributed by atoms with Gasteiger partial charge in [0.15, 0.2) is 0 Å². The second-order valence-electron chi connectivity index (χ2n) is 6.77. The molecule has 0 fully saturated rings. The fourth-order valence-corrected chi connectivity index (χ4v) is 3.84. The van der Waals surface area contributed by atoms with Gasteiger partial charge in [-0.05, 0) is 63.7 Å². The number of hydrogen-bond acceptors (Lipinski definition) is 1. The van der Waals surface area contributed by atoms with Crippen LogP contribution in [0, 0.1) is 11.3 Å². The number of fused-ring (bicyclic) bond motifs is 3. The van der Waals surface area contributed by atoms with E-state index in [1.807, 2.05) is 30.3 Å². The van der Waals surface area contributed by atoms with Gasteiger partial charge in [-0.1, -0.05) is 55.8 Å². The van der Waals surface area contributed by atoms with Gasteiger partial charge in [-0.2, -0.15) is 5.26 Å². The monoisotopic (exact) mass is 329 g/mol. The molecule has 24 heavy (non-hydrogen) atoms. The molecule has 1 aliphatic carbocycles. The SMILES string of the molecule is CC1(C)c2cc(C#N)ccc2-c2ccc(-c3cccc(Cl)c3)cc21. The first-order valence-electron chi connectivity index (χ1n) is 7.96. The van der Waals surface area contributed by atoms with Crippen LogP contribution >= 0.6 is 11.6 Å². The Bertz CT molecular complexity index is 1010. The minimum atomic E-state index is -0.119. The molecule has 0 N–H and O–H groups in total. The number of hydrogen-bond donors (Lipinski definition) is 0. The molecule has 0 aromatic heterocycles. The highest BCUT2D eigenvalue weighted by Crippen LogP contribution is 2.49. The molecular weight excluding hydrogens is 314 g/mol. The van der Waals surface area contributed by atoms with E-state index in [1.54, 1.807) is 0 Å². The normalized spacial score (nSPS) is 13.9. The highest BCUT2D eigenvalue weighted by molar-refractivity contribution is 6.30. The molecule has 0 aliphatic heterocycles. The highest BCUT2D eigenvalue weighted by Gasteiger charge is 2.35. The highest BCUT2D eigenvalue weighted by atomic mass is 35.5. The Labute approximate surface area is 147 Å². The molecule has 0 heterocycles. The minimum Gasteiger partial charge on any atom is -0.192 e. The van der Waals surface area contributed by atoms with Crippen LogP contribution in [0.3, 0.4) is 0 Å². The third-order valence-corrected chi connectivity index (χ3v) is 5.20. The minimum absolute atomic E-state index is 0.119. The maximum absolute atomic E-state index is 9.21. The molecule has 2 heteroatoms. The Hall–Kier alpha value is -2.56. The van der Waals surface area contributed by atoms with Crippen molar-refractivity contribution in [2.45, 2.75) is 19.3 Å². The van der Waals surface area contributed by atoms with Gasteiger partial charge in [-0.15, -0.1) is 0 Å². The first kappa shape index (κ1) is 15.0. The molecule has 0 saturated carbocycles. The van der Waals surface area contributed by atoms with Crippen molar-refractivity contribution in [3.63, 3.8) is 0 Å². The molecular formula is C22H16ClN. The molecule has 1 nitrogen and oxygen atoms in total. The van der Waals surface area contributed by atoms with E-state index in [1.165, 1.54) is 22.3 Å². The zero-order valence-corrected chi connectivity index (χ0v) is 14.4. The molecule has 0 radical (unpaired) electrons. The summed E-state index contributed by atoms with van der Waals surface area (Å²) in [5.74, 6) is 0. The molecule has 0 spiro atoms. The Balaban J connectivity index is 1.91. The fourth-order valence-electron chi connectivity index (χ4n) is 3.65. The van der Waals surface area contributed by atoms with Gasteiger partial charge in [-0.25, -0.2) is 0 Å². The third kappa shape index (κ3) is 2.15. The Morgan fingerprint density at radius 2 is 1.50 bits per heavy atom. The summed E-state index contributed by atoms with van der Waals surface area (Å²) in [7, 11) is 0. The summed E-state index contributed by atoms with van der Waals surface area (Å²) >= 11 is 6.14. The van der Waals surface area contributed by atoms with E-state index in [-0.39, 0.29) is 5.41 Å². The molecule has 0 unspecified atom stereocenters. The van der Waals surface area contributed by atoms with E-state index in [9.17, 15) is 5.26 Å². The second kappa shape index (κ2) is 5.23. The largest absolute Gasteiger partial charge is 0.192 e. The zero-order valence-electron chi connectivity index (χ0n) is 13.6. The van der Waals surface area contributed by atoms with Crippen molar-refractivity contribution < 1.29 is 0 Å². The van der Waals surface area contributed by atoms with Crippen LogP contribution in [-0.4, -0.2) is 0 Å². The van der Waals surface area contributed by atoms with Gasteiger partial charge < -0.3 is 0 Å².